The number of halogens is 1. The lowest BCUT2D eigenvalue weighted by molar-refractivity contribution is 0.416. The van der Waals surface area contributed by atoms with Crippen LogP contribution in [0.2, 0.25) is 5.02 Å². The summed E-state index contributed by atoms with van der Waals surface area (Å²) in [6.07, 6.45) is 7.33. The van der Waals surface area contributed by atoms with Crippen LogP contribution in [-0.2, 0) is 20.5 Å². The van der Waals surface area contributed by atoms with Gasteiger partial charge in [-0.05, 0) is 18.6 Å². The first-order valence-corrected chi connectivity index (χ1v) is 10.9. The highest BCUT2D eigenvalue weighted by Crippen LogP contribution is 2.37. The lowest BCUT2D eigenvalue weighted by Crippen LogP contribution is -1.98. The predicted octanol–water partition coefficient (Wildman–Crippen LogP) is 4.32. The summed E-state index contributed by atoms with van der Waals surface area (Å²) in [5, 5.41) is 11.2. The molecule has 6 aromatic heterocycles. The van der Waals surface area contributed by atoms with Crippen LogP contribution in [0.3, 0.4) is 0 Å². The summed E-state index contributed by atoms with van der Waals surface area (Å²) in [7, 11) is 3.66. The Balaban J connectivity index is 1.43. The predicted molar refractivity (Wildman–Crippen MR) is 125 cm³/mol. The van der Waals surface area contributed by atoms with E-state index in [4.69, 9.17) is 21.1 Å². The third-order valence-corrected chi connectivity index (χ3v) is 5.90. The van der Waals surface area contributed by atoms with E-state index in [1.807, 2.05) is 33.2 Å². The van der Waals surface area contributed by atoms with Crippen LogP contribution in [0.5, 0.6) is 23.4 Å². The summed E-state index contributed by atoms with van der Waals surface area (Å²) >= 11 is 6.63. The van der Waals surface area contributed by atoms with Gasteiger partial charge in [0.15, 0.2) is 11.3 Å². The van der Waals surface area contributed by atoms with E-state index in [0.717, 1.165) is 27.8 Å². The highest BCUT2D eigenvalue weighted by Gasteiger charge is 2.20. The number of hydrogen-bond acceptors (Lipinski definition) is 8. The zero-order valence-corrected chi connectivity index (χ0v) is 19.2. The van der Waals surface area contributed by atoms with Gasteiger partial charge in [0.25, 0.3) is 0 Å². The maximum absolute atomic E-state index is 6.63. The molecule has 34 heavy (non-hydrogen) atoms. The summed E-state index contributed by atoms with van der Waals surface area (Å²) in [6.45, 7) is 2.00. The lowest BCUT2D eigenvalue weighted by Gasteiger charge is -2.09. The zero-order chi connectivity index (χ0) is 23.4. The molecule has 0 amide bonds. The SMILES string of the molecule is CCc1[nH]c2nc(Oc3cnc4c(cnn4C)c3)nc(Oc3cnc4c(cnn4C)c3)c2c1Cl. The molecular weight excluding hydrogens is 458 g/mol. The molecule has 0 saturated heterocycles. The molecule has 0 unspecified atom stereocenters. The second kappa shape index (κ2) is 7.66. The minimum atomic E-state index is 0.0866. The van der Waals surface area contributed by atoms with E-state index in [2.05, 4.69) is 35.1 Å². The van der Waals surface area contributed by atoms with Gasteiger partial charge < -0.3 is 14.5 Å². The molecule has 1 N–H and O–H groups in total. The number of nitrogens with zero attached hydrogens (tertiary/aromatic N) is 8. The van der Waals surface area contributed by atoms with Crippen LogP contribution in [0.4, 0.5) is 0 Å². The van der Waals surface area contributed by atoms with E-state index in [9.17, 15) is 0 Å². The van der Waals surface area contributed by atoms with Crippen LogP contribution in [0, 0.1) is 0 Å². The second-order valence-corrected chi connectivity index (χ2v) is 8.09. The summed E-state index contributed by atoms with van der Waals surface area (Å²) < 4.78 is 15.5. The van der Waals surface area contributed by atoms with E-state index in [0.29, 0.717) is 34.0 Å². The summed E-state index contributed by atoms with van der Waals surface area (Å²) in [5.74, 6) is 1.21. The fourth-order valence-electron chi connectivity index (χ4n) is 3.80. The molecule has 11 nitrogen and oxygen atoms in total. The first kappa shape index (κ1) is 20.4. The number of rotatable bonds is 5. The summed E-state index contributed by atoms with van der Waals surface area (Å²) in [4.78, 5) is 21.1. The van der Waals surface area contributed by atoms with Gasteiger partial charge in [-0.2, -0.15) is 20.2 Å². The maximum atomic E-state index is 6.63. The van der Waals surface area contributed by atoms with Crippen molar-refractivity contribution in [3.05, 3.63) is 47.6 Å². The van der Waals surface area contributed by atoms with Gasteiger partial charge >= 0.3 is 6.01 Å². The Bertz CT molecular complexity index is 1700. The molecule has 0 radical (unpaired) electrons. The third-order valence-electron chi connectivity index (χ3n) is 5.48. The Kier molecular flexibility index (Phi) is 4.59. The number of fused-ring (bicyclic) bond motifs is 3. The van der Waals surface area contributed by atoms with Crippen LogP contribution in [0.25, 0.3) is 33.1 Å². The molecule has 12 heteroatoms. The van der Waals surface area contributed by atoms with Gasteiger partial charge in [-0.1, -0.05) is 18.5 Å². The molecule has 0 spiro atoms. The topological polar surface area (TPSA) is 121 Å². The van der Waals surface area contributed by atoms with E-state index in [1.54, 1.807) is 34.2 Å². The second-order valence-electron chi connectivity index (χ2n) is 7.71. The Morgan fingerprint density at radius 3 is 2.12 bits per heavy atom. The van der Waals surface area contributed by atoms with Gasteiger partial charge in [0.1, 0.15) is 22.5 Å². The quantitative estimate of drug-likeness (QED) is 0.391. The van der Waals surface area contributed by atoms with Crippen LogP contribution in [-0.4, -0.2) is 44.5 Å². The Morgan fingerprint density at radius 1 is 0.882 bits per heavy atom. The lowest BCUT2D eigenvalue weighted by atomic mass is 10.3. The minimum Gasteiger partial charge on any atom is -0.436 e. The van der Waals surface area contributed by atoms with Gasteiger partial charge in [0.05, 0.1) is 29.8 Å². The van der Waals surface area contributed by atoms with E-state index in [-0.39, 0.29) is 11.9 Å². The highest BCUT2D eigenvalue weighted by molar-refractivity contribution is 6.36. The molecule has 6 aromatic rings. The van der Waals surface area contributed by atoms with Crippen molar-refractivity contribution in [2.45, 2.75) is 13.3 Å². The van der Waals surface area contributed by atoms with Crippen LogP contribution >= 0.6 is 11.6 Å². The van der Waals surface area contributed by atoms with Crippen molar-refractivity contribution in [2.24, 2.45) is 14.1 Å². The van der Waals surface area contributed by atoms with E-state index >= 15 is 0 Å². The van der Waals surface area contributed by atoms with Gasteiger partial charge in [0.2, 0.25) is 5.88 Å². The molecule has 0 fully saturated rings. The van der Waals surface area contributed by atoms with Crippen LogP contribution in [0.1, 0.15) is 12.6 Å². The molecule has 0 aliphatic carbocycles. The van der Waals surface area contributed by atoms with Crippen molar-refractivity contribution in [3.8, 4) is 23.4 Å². The van der Waals surface area contributed by atoms with Crippen molar-refractivity contribution < 1.29 is 9.47 Å². The number of aromatic nitrogens is 9. The Labute approximate surface area is 197 Å². The molecule has 0 aliphatic rings. The molecule has 6 heterocycles. The van der Waals surface area contributed by atoms with E-state index in [1.165, 1.54) is 0 Å². The summed E-state index contributed by atoms with van der Waals surface area (Å²) in [6, 6.07) is 3.75. The number of H-pyrrole nitrogens is 1. The molecule has 170 valence electrons. The van der Waals surface area contributed by atoms with E-state index < -0.39 is 0 Å². The Hall–Kier alpha value is -4.25. The van der Waals surface area contributed by atoms with Crippen molar-refractivity contribution >= 4 is 44.7 Å². The molecule has 0 aliphatic heterocycles. The average Bonchev–Trinajstić information content (AvgIpc) is 3.49. The number of nitrogens with one attached hydrogen (secondary N) is 1. The molecule has 6 rings (SSSR count). The van der Waals surface area contributed by atoms with Crippen LogP contribution < -0.4 is 9.47 Å². The molecule has 0 bridgehead atoms. The zero-order valence-electron chi connectivity index (χ0n) is 18.4. The smallest absolute Gasteiger partial charge is 0.327 e. The number of pyridine rings is 2. The van der Waals surface area contributed by atoms with Gasteiger partial charge in [-0.15, -0.1) is 0 Å². The summed E-state index contributed by atoms with van der Waals surface area (Å²) in [5.41, 5.74) is 2.82. The Morgan fingerprint density at radius 2 is 1.50 bits per heavy atom. The molecule has 0 saturated carbocycles. The monoisotopic (exact) mass is 475 g/mol. The standard InChI is InChI=1S/C22H18ClN9O2/c1-4-15-17(23)16-18(28-15)29-22(34-14-6-12-8-27-32(3)20(12)25-10-14)30-21(16)33-13-5-11-7-26-31(2)19(11)24-9-13/h5-10H,4H2,1-3H3,(H,28,29,30). The first-order valence-electron chi connectivity index (χ1n) is 10.5. The highest BCUT2D eigenvalue weighted by atomic mass is 35.5. The average molecular weight is 476 g/mol. The normalized spacial score (nSPS) is 11.6. The largest absolute Gasteiger partial charge is 0.436 e. The van der Waals surface area contributed by atoms with Gasteiger partial charge in [0, 0.05) is 30.6 Å². The fourth-order valence-corrected chi connectivity index (χ4v) is 4.15. The minimum absolute atomic E-state index is 0.0866. The third kappa shape index (κ3) is 3.28. The molecule has 0 aromatic carbocycles. The number of aromatic amines is 1. The molecular formula is C22H18ClN9O2. The van der Waals surface area contributed by atoms with Gasteiger partial charge in [-0.25, -0.2) is 9.97 Å². The number of hydrogen-bond donors (Lipinski definition) is 1. The van der Waals surface area contributed by atoms with Gasteiger partial charge in [-0.3, -0.25) is 9.36 Å². The van der Waals surface area contributed by atoms with Crippen molar-refractivity contribution in [1.82, 2.24) is 44.5 Å². The van der Waals surface area contributed by atoms with Crippen molar-refractivity contribution in [2.75, 3.05) is 0 Å². The van der Waals surface area contributed by atoms with Crippen molar-refractivity contribution in [3.63, 3.8) is 0 Å². The van der Waals surface area contributed by atoms with Crippen molar-refractivity contribution in [1.29, 1.82) is 0 Å². The number of ether oxygens (including phenoxy) is 2. The maximum Gasteiger partial charge on any atom is 0.327 e. The first-order chi connectivity index (χ1) is 16.5. The molecule has 0 atom stereocenters. The van der Waals surface area contributed by atoms with Crippen LogP contribution in [0.15, 0.2) is 36.9 Å². The number of aryl methyl sites for hydroxylation is 3. The fraction of sp³-hybridized carbons (Fsp3) is 0.182.